The van der Waals surface area contributed by atoms with Crippen LogP contribution in [0, 0.1) is 27.4 Å². The van der Waals surface area contributed by atoms with E-state index < -0.39 is 37.0 Å². The number of aromatic nitrogens is 2. The number of nitro benzene ring substituents is 1. The van der Waals surface area contributed by atoms with E-state index in [-0.39, 0.29) is 58.4 Å². The monoisotopic (exact) mass is 1000 g/mol. The molecule has 5 heterocycles. The number of benzene rings is 3. The molecular formula is C55H67N7O9S. The van der Waals surface area contributed by atoms with Gasteiger partial charge in [-0.05, 0) is 149 Å². The number of H-pyrrole nitrogens is 1. The molecule has 72 heavy (non-hydrogen) atoms. The number of pyridine rings is 1. The van der Waals surface area contributed by atoms with Gasteiger partial charge in [-0.1, -0.05) is 44.5 Å². The van der Waals surface area contributed by atoms with Crippen LogP contribution in [0.4, 0.5) is 17.1 Å². The highest BCUT2D eigenvalue weighted by Gasteiger charge is 2.50. The maximum absolute atomic E-state index is 14.4. The summed E-state index contributed by atoms with van der Waals surface area (Å²) in [5, 5.41) is 27.0. The SMILES string of the molecule is CC(C)c1ccccc1[C@@H]1CCCN1C1CC2(CCN(c3ccc(C(=O)NS(=O)(=O)c4cc5c(c([N+](=O)[O-])c4)N[C@@H]([C@H]4CC[C@](C)(O)CC4)CO5)c(Oc4cc5cc[nH]c5nc4OCC4CCC4)c3)CC2)C1. The molecule has 2 saturated heterocycles. The molecule has 3 saturated carbocycles. The number of nitro groups is 1. The number of piperidine rings is 1. The molecule has 6 aliphatic rings. The van der Waals surface area contributed by atoms with Gasteiger partial charge in [-0.2, -0.15) is 4.98 Å². The van der Waals surface area contributed by atoms with Gasteiger partial charge in [-0.15, -0.1) is 0 Å². The number of carbonyl (C=O) groups excluding carboxylic acids is 1. The van der Waals surface area contributed by atoms with Crippen LogP contribution in [0.3, 0.4) is 0 Å². The third-order valence-electron chi connectivity index (χ3n) is 17.1. The first kappa shape index (κ1) is 48.4. The fourth-order valence-corrected chi connectivity index (χ4v) is 13.5. The van der Waals surface area contributed by atoms with Crippen molar-refractivity contribution in [2.75, 3.05) is 43.1 Å². The largest absolute Gasteiger partial charge is 0.489 e. The van der Waals surface area contributed by atoms with Gasteiger partial charge >= 0.3 is 0 Å². The van der Waals surface area contributed by atoms with Crippen LogP contribution in [0.5, 0.6) is 23.1 Å². The number of likely N-dealkylation sites (tertiary alicyclic amines) is 1. The third-order valence-corrected chi connectivity index (χ3v) is 18.4. The molecule has 5 aromatic rings. The predicted octanol–water partition coefficient (Wildman–Crippen LogP) is 10.4. The normalized spacial score (nSPS) is 24.5. The molecule has 16 nitrogen and oxygen atoms in total. The van der Waals surface area contributed by atoms with Crippen molar-refractivity contribution in [2.45, 2.75) is 139 Å². The van der Waals surface area contributed by atoms with E-state index in [0.29, 0.717) is 61.9 Å². The summed E-state index contributed by atoms with van der Waals surface area (Å²) in [6.45, 7) is 9.77. The number of nitrogens with one attached hydrogen (secondary N) is 3. The molecule has 5 fully saturated rings. The number of fused-ring (bicyclic) bond motifs is 2. The van der Waals surface area contributed by atoms with Crippen molar-refractivity contribution < 1.29 is 37.5 Å². The number of rotatable bonds is 14. The van der Waals surface area contributed by atoms with E-state index in [9.17, 15) is 28.4 Å². The number of carbonyl (C=O) groups is 1. The Hall–Kier alpha value is -5.91. The predicted molar refractivity (Wildman–Crippen MR) is 275 cm³/mol. The zero-order valence-electron chi connectivity index (χ0n) is 41.5. The number of hydrogen-bond acceptors (Lipinski definition) is 13. The van der Waals surface area contributed by atoms with Crippen molar-refractivity contribution in [3.05, 3.63) is 99.7 Å². The van der Waals surface area contributed by atoms with E-state index in [4.69, 9.17) is 19.2 Å². The molecule has 1 amide bonds. The van der Waals surface area contributed by atoms with Crippen LogP contribution in [0.2, 0.25) is 0 Å². The summed E-state index contributed by atoms with van der Waals surface area (Å²) in [4.78, 5) is 38.8. The number of ether oxygens (including phenoxy) is 3. The van der Waals surface area contributed by atoms with E-state index in [1.807, 2.05) is 19.1 Å². The van der Waals surface area contributed by atoms with E-state index >= 15 is 0 Å². The van der Waals surface area contributed by atoms with Crippen LogP contribution >= 0.6 is 0 Å². The van der Waals surface area contributed by atoms with Crippen molar-refractivity contribution in [1.29, 1.82) is 0 Å². The second kappa shape index (κ2) is 19.2. The number of amides is 1. The van der Waals surface area contributed by atoms with Gasteiger partial charge in [0, 0.05) is 60.6 Å². The van der Waals surface area contributed by atoms with Gasteiger partial charge in [0.1, 0.15) is 18.0 Å². The zero-order valence-corrected chi connectivity index (χ0v) is 42.3. The molecular weight excluding hydrogens is 935 g/mol. The van der Waals surface area contributed by atoms with Crippen molar-refractivity contribution in [3.63, 3.8) is 0 Å². The molecule has 11 rings (SSSR count). The van der Waals surface area contributed by atoms with Crippen LogP contribution in [-0.4, -0.2) is 89.8 Å². The first-order valence-electron chi connectivity index (χ1n) is 26.1. The lowest BCUT2D eigenvalue weighted by atomic mass is 9.59. The first-order valence-corrected chi connectivity index (χ1v) is 27.6. The Bertz CT molecular complexity index is 2960. The molecule has 2 aromatic heterocycles. The van der Waals surface area contributed by atoms with Crippen molar-refractivity contribution in [2.24, 2.45) is 17.3 Å². The van der Waals surface area contributed by atoms with Gasteiger partial charge < -0.3 is 34.5 Å². The summed E-state index contributed by atoms with van der Waals surface area (Å²) in [5.41, 5.74) is 3.45. The molecule has 0 bridgehead atoms. The minimum Gasteiger partial charge on any atom is -0.489 e. The summed E-state index contributed by atoms with van der Waals surface area (Å²) >= 11 is 0. The summed E-state index contributed by atoms with van der Waals surface area (Å²) in [6, 6.07) is 20.8. The highest BCUT2D eigenvalue weighted by Crippen LogP contribution is 2.55. The molecule has 1 spiro atoms. The van der Waals surface area contributed by atoms with Crippen LogP contribution < -0.4 is 29.1 Å². The van der Waals surface area contributed by atoms with Gasteiger partial charge in [-0.3, -0.25) is 19.8 Å². The second-order valence-corrected chi connectivity index (χ2v) is 23.9. The Labute approximate surface area is 421 Å². The topological polar surface area (TPSA) is 201 Å². The van der Waals surface area contributed by atoms with Gasteiger partial charge in [0.15, 0.2) is 17.2 Å². The Morgan fingerprint density at radius 1 is 0.972 bits per heavy atom. The Kier molecular flexibility index (Phi) is 12.9. The van der Waals surface area contributed by atoms with E-state index in [1.165, 1.54) is 42.9 Å². The molecule has 3 aliphatic heterocycles. The Morgan fingerprint density at radius 3 is 2.49 bits per heavy atom. The fraction of sp³-hybridized carbons (Fsp3) is 0.527. The highest BCUT2D eigenvalue weighted by molar-refractivity contribution is 7.90. The standard InChI is InChI=1S/C55H67N7O9S/c1-34(2)41-10-4-5-11-42(41)45-12-7-23-61(45)39-30-55(31-39)20-24-60(25-21-55)38-13-14-43(47(27-38)71-49-26-37-17-22-56-51(37)58-53(49)70-32-35-8-6-9-35)52(63)59-72(67,68)40-28-46(62(65)66)50-48(29-40)69-33-44(57-50)36-15-18-54(3,64)19-16-36/h4-5,10-11,13-14,17,22,26-29,34-36,39,44-45,57,64H,6-9,12,15-16,18-21,23-25,30-33H2,1-3H3,(H,56,58)(H,59,63)/t36-,44-,45+,54-/m1/s1. The Morgan fingerprint density at radius 2 is 1.75 bits per heavy atom. The number of hydrogen-bond donors (Lipinski definition) is 4. The van der Waals surface area contributed by atoms with E-state index in [1.54, 1.807) is 24.4 Å². The number of aromatic amines is 1. The molecule has 0 unspecified atom stereocenters. The molecule has 4 N–H and O–H groups in total. The van der Waals surface area contributed by atoms with Crippen LogP contribution in [-0.2, 0) is 10.0 Å². The molecule has 2 atom stereocenters. The van der Waals surface area contributed by atoms with Crippen molar-refractivity contribution in [3.8, 4) is 23.1 Å². The summed E-state index contributed by atoms with van der Waals surface area (Å²) in [5.74, 6) is 0.637. The summed E-state index contributed by atoms with van der Waals surface area (Å²) in [7, 11) is -4.70. The summed E-state index contributed by atoms with van der Waals surface area (Å²) in [6.07, 6.45) is 14.5. The minimum absolute atomic E-state index is 0.0000739. The maximum Gasteiger partial charge on any atom is 0.297 e. The van der Waals surface area contributed by atoms with Gasteiger partial charge in [-0.25, -0.2) is 13.1 Å². The molecule has 17 heteroatoms. The quantitative estimate of drug-likeness (QED) is 0.0605. The van der Waals surface area contributed by atoms with Crippen LogP contribution in [0.1, 0.15) is 138 Å². The lowest BCUT2D eigenvalue weighted by Crippen LogP contribution is -2.54. The number of aliphatic hydroxyl groups is 1. The van der Waals surface area contributed by atoms with Gasteiger partial charge in [0.2, 0.25) is 0 Å². The summed E-state index contributed by atoms with van der Waals surface area (Å²) < 4.78 is 49.5. The molecule has 3 aliphatic carbocycles. The molecule has 3 aromatic carbocycles. The average Bonchev–Trinajstić information content (AvgIpc) is 4.02. The number of nitrogens with zero attached hydrogens (tertiary/aromatic N) is 4. The first-order chi connectivity index (χ1) is 34.6. The number of anilines is 2. The van der Waals surface area contributed by atoms with Gasteiger partial charge in [0.25, 0.3) is 27.5 Å². The minimum atomic E-state index is -4.70. The van der Waals surface area contributed by atoms with Crippen LogP contribution in [0.25, 0.3) is 11.0 Å². The number of sulfonamides is 1. The third kappa shape index (κ3) is 9.59. The average molecular weight is 1000 g/mol. The van der Waals surface area contributed by atoms with Gasteiger partial charge in [0.05, 0.1) is 33.6 Å². The van der Waals surface area contributed by atoms with Crippen molar-refractivity contribution >= 4 is 44.0 Å². The molecule has 382 valence electrons. The maximum atomic E-state index is 14.4. The lowest BCUT2D eigenvalue weighted by Gasteiger charge is -2.56. The highest BCUT2D eigenvalue weighted by atomic mass is 32.2. The van der Waals surface area contributed by atoms with Crippen molar-refractivity contribution in [1.82, 2.24) is 19.6 Å². The lowest BCUT2D eigenvalue weighted by molar-refractivity contribution is -0.384. The Balaban J connectivity index is 0.838. The zero-order chi connectivity index (χ0) is 49.9. The van der Waals surface area contributed by atoms with Crippen LogP contribution in [0.15, 0.2) is 77.8 Å². The van der Waals surface area contributed by atoms with E-state index in [2.05, 4.69) is 62.9 Å². The molecule has 0 radical (unpaired) electrons. The smallest absolute Gasteiger partial charge is 0.297 e. The fourth-order valence-electron chi connectivity index (χ4n) is 12.5. The second-order valence-electron chi connectivity index (χ2n) is 22.2. The van der Waals surface area contributed by atoms with E-state index in [0.717, 1.165) is 68.9 Å².